The molecule has 1 aromatic rings. The second kappa shape index (κ2) is 6.34. The molecule has 0 aromatic carbocycles. The van der Waals surface area contributed by atoms with Crippen LogP contribution in [0.2, 0.25) is 0 Å². The number of carbonyl (C=O) groups excluding carboxylic acids is 3. The fourth-order valence-corrected chi connectivity index (χ4v) is 2.70. The van der Waals surface area contributed by atoms with E-state index in [2.05, 4.69) is 10.6 Å². The van der Waals surface area contributed by atoms with Crippen LogP contribution in [0, 0.1) is 11.3 Å². The van der Waals surface area contributed by atoms with Crippen LogP contribution in [0.25, 0.3) is 0 Å². The summed E-state index contributed by atoms with van der Waals surface area (Å²) >= 11 is 0. The lowest BCUT2D eigenvalue weighted by Crippen LogP contribution is -2.60. The van der Waals surface area contributed by atoms with Crippen LogP contribution in [0.4, 0.5) is 4.79 Å². The second-order valence-electron chi connectivity index (χ2n) is 7.81. The summed E-state index contributed by atoms with van der Waals surface area (Å²) < 4.78 is 1.10. The molecular weight excluding hydrogens is 326 g/mol. The van der Waals surface area contributed by atoms with Crippen LogP contribution in [0.15, 0.2) is 23.1 Å². The van der Waals surface area contributed by atoms with Crippen molar-refractivity contribution in [3.63, 3.8) is 0 Å². The third-order valence-corrected chi connectivity index (χ3v) is 4.08. The predicted octanol–water partition coefficient (Wildman–Crippen LogP) is 0.583. The minimum Gasteiger partial charge on any atom is -0.410 e. The number of nitrogens with one attached hydrogen (secondary N) is 2. The molecule has 25 heavy (non-hydrogen) atoms. The molecule has 1 saturated heterocycles. The molecule has 1 aliphatic rings. The average Bonchev–Trinajstić information content (AvgIpc) is 2.43. The van der Waals surface area contributed by atoms with Crippen molar-refractivity contribution in [1.82, 2.24) is 15.4 Å². The quantitative estimate of drug-likeness (QED) is 0.774. The van der Waals surface area contributed by atoms with Crippen molar-refractivity contribution in [1.29, 1.82) is 0 Å². The Morgan fingerprint density at radius 1 is 1.04 bits per heavy atom. The standard InChI is InChI=1S/C17H23N3O5/c1-16(2,3)10-7-6-8-20(14(10)23)25-9-17(4,5)11-12(21)18-15(24)19-13(11)22/h6-8,11H,9H2,1-5H3,(H2,18,19,21,22,24). The molecule has 0 spiro atoms. The maximum absolute atomic E-state index is 12.5. The first-order valence-corrected chi connectivity index (χ1v) is 7.94. The molecule has 0 aliphatic carbocycles. The molecule has 2 N–H and O–H groups in total. The first-order chi connectivity index (χ1) is 11.4. The summed E-state index contributed by atoms with van der Waals surface area (Å²) in [7, 11) is 0. The number of rotatable bonds is 4. The number of urea groups is 1. The molecule has 1 fully saturated rings. The summed E-state index contributed by atoms with van der Waals surface area (Å²) in [5.74, 6) is -2.47. The third kappa shape index (κ3) is 3.89. The van der Waals surface area contributed by atoms with Gasteiger partial charge in [-0.15, -0.1) is 0 Å². The van der Waals surface area contributed by atoms with Gasteiger partial charge in [0.1, 0.15) is 12.5 Å². The molecule has 0 bridgehead atoms. The van der Waals surface area contributed by atoms with E-state index < -0.39 is 29.2 Å². The van der Waals surface area contributed by atoms with Gasteiger partial charge < -0.3 is 4.84 Å². The molecular formula is C17H23N3O5. The lowest BCUT2D eigenvalue weighted by molar-refractivity contribution is -0.143. The van der Waals surface area contributed by atoms with Gasteiger partial charge in [-0.2, -0.15) is 4.73 Å². The van der Waals surface area contributed by atoms with Crippen LogP contribution in [0.5, 0.6) is 0 Å². The first kappa shape index (κ1) is 18.7. The molecule has 8 heteroatoms. The van der Waals surface area contributed by atoms with Crippen LogP contribution in [0.3, 0.4) is 0 Å². The largest absolute Gasteiger partial charge is 0.410 e. The number of aromatic nitrogens is 1. The van der Waals surface area contributed by atoms with Gasteiger partial charge in [0.05, 0.1) is 0 Å². The fraction of sp³-hybridized carbons (Fsp3) is 0.529. The second-order valence-corrected chi connectivity index (χ2v) is 7.81. The highest BCUT2D eigenvalue weighted by Crippen LogP contribution is 2.28. The maximum Gasteiger partial charge on any atom is 0.328 e. The lowest BCUT2D eigenvalue weighted by atomic mass is 9.77. The molecule has 8 nitrogen and oxygen atoms in total. The van der Waals surface area contributed by atoms with E-state index in [9.17, 15) is 19.2 Å². The smallest absolute Gasteiger partial charge is 0.328 e. The SMILES string of the molecule is CC(C)(C)c1cccn(OCC(C)(C)C2C(=O)NC(=O)NC2=O)c1=O. The number of amides is 4. The average molecular weight is 349 g/mol. The maximum atomic E-state index is 12.5. The Labute approximate surface area is 145 Å². The third-order valence-electron chi connectivity index (χ3n) is 4.08. The summed E-state index contributed by atoms with van der Waals surface area (Å²) in [6.07, 6.45) is 1.48. The van der Waals surface area contributed by atoms with Crippen molar-refractivity contribution in [2.75, 3.05) is 6.61 Å². The van der Waals surface area contributed by atoms with Crippen molar-refractivity contribution in [3.05, 3.63) is 34.2 Å². The normalized spacial score (nSPS) is 16.4. The zero-order chi connectivity index (χ0) is 19.0. The van der Waals surface area contributed by atoms with Gasteiger partial charge in [-0.05, 0) is 11.5 Å². The van der Waals surface area contributed by atoms with Crippen molar-refractivity contribution < 1.29 is 19.2 Å². The fourth-order valence-electron chi connectivity index (χ4n) is 2.70. The minimum atomic E-state index is -1.10. The van der Waals surface area contributed by atoms with Gasteiger partial charge in [0.15, 0.2) is 0 Å². The summed E-state index contributed by atoms with van der Waals surface area (Å²) in [5, 5.41) is 4.14. The van der Waals surface area contributed by atoms with Crippen LogP contribution >= 0.6 is 0 Å². The zero-order valence-corrected chi connectivity index (χ0v) is 15.0. The van der Waals surface area contributed by atoms with E-state index in [-0.39, 0.29) is 17.6 Å². The lowest BCUT2D eigenvalue weighted by Gasteiger charge is -2.33. The van der Waals surface area contributed by atoms with E-state index in [4.69, 9.17) is 4.84 Å². The molecule has 0 atom stereocenters. The van der Waals surface area contributed by atoms with Crippen molar-refractivity contribution in [2.24, 2.45) is 11.3 Å². The highest BCUT2D eigenvalue weighted by atomic mass is 16.7. The molecule has 2 rings (SSSR count). The zero-order valence-electron chi connectivity index (χ0n) is 15.0. The molecule has 4 amide bonds. The molecule has 0 unspecified atom stereocenters. The van der Waals surface area contributed by atoms with E-state index in [1.165, 1.54) is 6.20 Å². The summed E-state index contributed by atoms with van der Waals surface area (Å²) in [6, 6.07) is 2.60. The Hall–Kier alpha value is -2.64. The van der Waals surface area contributed by atoms with Gasteiger partial charge in [-0.3, -0.25) is 25.0 Å². The Morgan fingerprint density at radius 3 is 2.12 bits per heavy atom. The molecule has 136 valence electrons. The van der Waals surface area contributed by atoms with E-state index in [1.54, 1.807) is 26.0 Å². The molecule has 1 aliphatic heterocycles. The minimum absolute atomic E-state index is 0.0692. The van der Waals surface area contributed by atoms with E-state index >= 15 is 0 Å². The van der Waals surface area contributed by atoms with Gasteiger partial charge in [0.25, 0.3) is 5.56 Å². The van der Waals surface area contributed by atoms with Crippen LogP contribution < -0.4 is 21.0 Å². The van der Waals surface area contributed by atoms with E-state index in [0.29, 0.717) is 5.56 Å². The van der Waals surface area contributed by atoms with Gasteiger partial charge in [-0.1, -0.05) is 40.7 Å². The van der Waals surface area contributed by atoms with Gasteiger partial charge in [0.2, 0.25) is 11.8 Å². The predicted molar refractivity (Wildman–Crippen MR) is 89.8 cm³/mol. The molecule has 1 aromatic heterocycles. The summed E-state index contributed by atoms with van der Waals surface area (Å²) in [4.78, 5) is 53.3. The van der Waals surface area contributed by atoms with Crippen LogP contribution in [-0.2, 0) is 15.0 Å². The highest BCUT2D eigenvalue weighted by molar-refractivity contribution is 6.16. The van der Waals surface area contributed by atoms with Gasteiger partial charge >= 0.3 is 6.03 Å². The Bertz CT molecular complexity index is 753. The van der Waals surface area contributed by atoms with Gasteiger partial charge in [0, 0.05) is 17.2 Å². The van der Waals surface area contributed by atoms with E-state index in [0.717, 1.165) is 4.73 Å². The number of barbiturate groups is 1. The van der Waals surface area contributed by atoms with Gasteiger partial charge in [-0.25, -0.2) is 4.79 Å². The number of pyridine rings is 1. The summed E-state index contributed by atoms with van der Waals surface area (Å²) in [5.41, 5.74) is -0.987. The monoisotopic (exact) mass is 349 g/mol. The molecule has 0 radical (unpaired) electrons. The Balaban J connectivity index is 2.20. The van der Waals surface area contributed by atoms with Crippen LogP contribution in [-0.4, -0.2) is 29.2 Å². The number of carbonyl (C=O) groups is 3. The number of imide groups is 2. The first-order valence-electron chi connectivity index (χ1n) is 7.94. The Morgan fingerprint density at radius 2 is 1.60 bits per heavy atom. The van der Waals surface area contributed by atoms with Crippen molar-refractivity contribution in [3.8, 4) is 0 Å². The van der Waals surface area contributed by atoms with Crippen LogP contribution in [0.1, 0.15) is 40.2 Å². The summed E-state index contributed by atoms with van der Waals surface area (Å²) in [6.45, 7) is 9.01. The topological polar surface area (TPSA) is 106 Å². The molecule has 2 heterocycles. The number of nitrogens with zero attached hydrogens (tertiary/aromatic N) is 1. The highest BCUT2D eigenvalue weighted by Gasteiger charge is 2.45. The van der Waals surface area contributed by atoms with Crippen molar-refractivity contribution >= 4 is 17.8 Å². The number of hydrogen-bond acceptors (Lipinski definition) is 5. The number of hydrogen-bond donors (Lipinski definition) is 2. The molecule has 0 saturated carbocycles. The van der Waals surface area contributed by atoms with Crippen molar-refractivity contribution in [2.45, 2.75) is 40.0 Å². The van der Waals surface area contributed by atoms with E-state index in [1.807, 2.05) is 20.8 Å². The Kier molecular flexibility index (Phi) is 4.74.